The lowest BCUT2D eigenvalue weighted by molar-refractivity contribution is 0.288. The van der Waals surface area contributed by atoms with E-state index >= 15 is 0 Å². The Morgan fingerprint density at radius 2 is 1.88 bits per heavy atom. The molecule has 24 heavy (non-hydrogen) atoms. The first-order valence-electron chi connectivity index (χ1n) is 7.96. The minimum atomic E-state index is -0.140. The van der Waals surface area contributed by atoms with E-state index in [1.165, 1.54) is 0 Å². The number of rotatable bonds is 5. The van der Waals surface area contributed by atoms with E-state index in [1.807, 2.05) is 41.9 Å². The van der Waals surface area contributed by atoms with Crippen molar-refractivity contribution in [3.63, 3.8) is 0 Å². The van der Waals surface area contributed by atoms with Crippen LogP contribution >= 0.6 is 11.3 Å². The van der Waals surface area contributed by atoms with Gasteiger partial charge in [0.25, 0.3) is 0 Å². The number of aromatic nitrogens is 4. The van der Waals surface area contributed by atoms with E-state index in [2.05, 4.69) is 41.2 Å². The van der Waals surface area contributed by atoms with Crippen molar-refractivity contribution in [2.45, 2.75) is 46.3 Å². The molecule has 0 atom stereocenters. The number of ether oxygens (including phenoxy) is 1. The average Bonchev–Trinajstić information content (AvgIpc) is 3.13. The molecule has 2 aromatic heterocycles. The monoisotopic (exact) mass is 342 g/mol. The molecule has 0 fully saturated rings. The summed E-state index contributed by atoms with van der Waals surface area (Å²) in [5.41, 5.74) is 0.893. The van der Waals surface area contributed by atoms with Gasteiger partial charge in [0, 0.05) is 5.38 Å². The topological polar surface area (TPSA) is 52.8 Å². The molecular formula is C18H22N4OS. The number of benzene rings is 1. The van der Waals surface area contributed by atoms with Gasteiger partial charge in [-0.05, 0) is 39.8 Å². The molecule has 3 aromatic rings. The number of thiazole rings is 1. The maximum absolute atomic E-state index is 5.78. The highest BCUT2D eigenvalue weighted by Crippen LogP contribution is 2.19. The van der Waals surface area contributed by atoms with Crippen LogP contribution in [0.4, 0.5) is 0 Å². The largest absolute Gasteiger partial charge is 0.486 e. The summed E-state index contributed by atoms with van der Waals surface area (Å²) in [5.74, 6) is 2.43. The van der Waals surface area contributed by atoms with Crippen molar-refractivity contribution < 1.29 is 4.74 Å². The number of hydrogen-bond donors (Lipinski definition) is 0. The molecule has 0 aliphatic heterocycles. The SMILES string of the molecule is Cc1nc(Cc2nc(COc3ccccc3)nn2C(C)(C)C)cs1. The Balaban J connectivity index is 1.80. The van der Waals surface area contributed by atoms with E-state index in [0.717, 1.165) is 22.3 Å². The van der Waals surface area contributed by atoms with Crippen molar-refractivity contribution in [3.05, 3.63) is 58.1 Å². The fraction of sp³-hybridized carbons (Fsp3) is 0.389. The Kier molecular flexibility index (Phi) is 4.66. The quantitative estimate of drug-likeness (QED) is 0.704. The summed E-state index contributed by atoms with van der Waals surface area (Å²) < 4.78 is 7.75. The smallest absolute Gasteiger partial charge is 0.188 e. The minimum absolute atomic E-state index is 0.140. The molecule has 6 heteroatoms. The molecule has 126 valence electrons. The minimum Gasteiger partial charge on any atom is -0.486 e. The highest BCUT2D eigenvalue weighted by Gasteiger charge is 2.22. The third-order valence-corrected chi connectivity index (χ3v) is 4.29. The maximum Gasteiger partial charge on any atom is 0.188 e. The van der Waals surface area contributed by atoms with Gasteiger partial charge in [-0.25, -0.2) is 14.6 Å². The van der Waals surface area contributed by atoms with E-state index in [4.69, 9.17) is 4.74 Å². The molecular weight excluding hydrogens is 320 g/mol. The van der Waals surface area contributed by atoms with E-state index in [-0.39, 0.29) is 5.54 Å². The lowest BCUT2D eigenvalue weighted by atomic mass is 10.1. The van der Waals surface area contributed by atoms with Crippen molar-refractivity contribution in [2.24, 2.45) is 0 Å². The van der Waals surface area contributed by atoms with Crippen LogP contribution in [0.15, 0.2) is 35.7 Å². The molecule has 0 unspecified atom stereocenters. The van der Waals surface area contributed by atoms with Gasteiger partial charge in [-0.3, -0.25) is 0 Å². The Labute approximate surface area is 146 Å². The second-order valence-corrected chi connectivity index (χ2v) is 7.73. The van der Waals surface area contributed by atoms with Crippen molar-refractivity contribution in [1.29, 1.82) is 0 Å². The van der Waals surface area contributed by atoms with Gasteiger partial charge in [0.1, 0.15) is 18.2 Å². The molecule has 0 bridgehead atoms. The predicted molar refractivity (Wildman–Crippen MR) is 95.4 cm³/mol. The molecule has 0 saturated carbocycles. The van der Waals surface area contributed by atoms with Gasteiger partial charge >= 0.3 is 0 Å². The maximum atomic E-state index is 5.78. The van der Waals surface area contributed by atoms with Gasteiger partial charge in [-0.2, -0.15) is 5.10 Å². The first-order valence-corrected chi connectivity index (χ1v) is 8.84. The van der Waals surface area contributed by atoms with Gasteiger partial charge < -0.3 is 4.74 Å². The fourth-order valence-corrected chi connectivity index (χ4v) is 3.03. The first-order chi connectivity index (χ1) is 11.4. The van der Waals surface area contributed by atoms with E-state index in [0.29, 0.717) is 18.9 Å². The molecule has 0 N–H and O–H groups in total. The van der Waals surface area contributed by atoms with Gasteiger partial charge in [0.05, 0.1) is 22.7 Å². The van der Waals surface area contributed by atoms with Crippen LogP contribution in [0, 0.1) is 6.92 Å². The molecule has 0 aliphatic rings. The third kappa shape index (κ3) is 4.00. The Morgan fingerprint density at radius 1 is 1.12 bits per heavy atom. The third-order valence-electron chi connectivity index (χ3n) is 3.47. The van der Waals surface area contributed by atoms with Crippen molar-refractivity contribution in [1.82, 2.24) is 19.7 Å². The van der Waals surface area contributed by atoms with Crippen LogP contribution in [0.3, 0.4) is 0 Å². The normalized spacial score (nSPS) is 11.7. The molecule has 0 radical (unpaired) electrons. The summed E-state index contributed by atoms with van der Waals surface area (Å²) >= 11 is 1.66. The molecule has 1 aromatic carbocycles. The average molecular weight is 342 g/mol. The van der Waals surface area contributed by atoms with E-state index < -0.39 is 0 Å². The van der Waals surface area contributed by atoms with E-state index in [9.17, 15) is 0 Å². The van der Waals surface area contributed by atoms with Gasteiger partial charge in [-0.15, -0.1) is 11.3 Å². The molecule has 0 spiro atoms. The zero-order valence-electron chi connectivity index (χ0n) is 14.5. The summed E-state index contributed by atoms with van der Waals surface area (Å²) in [7, 11) is 0. The number of aryl methyl sites for hydroxylation is 1. The standard InChI is InChI=1S/C18H22N4OS/c1-13-19-14(12-24-13)10-17-20-16(21-22(17)18(2,3)4)11-23-15-8-6-5-7-9-15/h5-9,12H,10-11H2,1-4H3. The molecule has 5 nitrogen and oxygen atoms in total. The summed E-state index contributed by atoms with van der Waals surface area (Å²) in [6.45, 7) is 8.75. The van der Waals surface area contributed by atoms with Crippen molar-refractivity contribution in [3.8, 4) is 5.75 Å². The summed E-state index contributed by atoms with van der Waals surface area (Å²) in [5, 5.41) is 7.81. The van der Waals surface area contributed by atoms with Crippen molar-refractivity contribution in [2.75, 3.05) is 0 Å². The van der Waals surface area contributed by atoms with Crippen LogP contribution in [0.5, 0.6) is 5.75 Å². The van der Waals surface area contributed by atoms with Crippen LogP contribution < -0.4 is 4.74 Å². The van der Waals surface area contributed by atoms with Gasteiger partial charge in [0.2, 0.25) is 0 Å². The summed E-state index contributed by atoms with van der Waals surface area (Å²) in [4.78, 5) is 9.23. The van der Waals surface area contributed by atoms with Gasteiger partial charge in [-0.1, -0.05) is 18.2 Å². The highest BCUT2D eigenvalue weighted by atomic mass is 32.1. The molecule has 2 heterocycles. The number of nitrogens with zero attached hydrogens (tertiary/aromatic N) is 4. The predicted octanol–water partition coefficient (Wildman–Crippen LogP) is 3.97. The Bertz CT molecular complexity index is 802. The molecule has 0 aliphatic carbocycles. The Hall–Kier alpha value is -2.21. The van der Waals surface area contributed by atoms with Crippen LogP contribution in [0.2, 0.25) is 0 Å². The highest BCUT2D eigenvalue weighted by molar-refractivity contribution is 7.09. The Morgan fingerprint density at radius 3 is 2.50 bits per heavy atom. The summed E-state index contributed by atoms with van der Waals surface area (Å²) in [6, 6.07) is 9.73. The molecule has 0 saturated heterocycles. The lowest BCUT2D eigenvalue weighted by Crippen LogP contribution is -2.26. The zero-order valence-corrected chi connectivity index (χ0v) is 15.3. The number of para-hydroxylation sites is 1. The molecule has 0 amide bonds. The van der Waals surface area contributed by atoms with E-state index in [1.54, 1.807) is 11.3 Å². The second kappa shape index (κ2) is 6.73. The van der Waals surface area contributed by atoms with Crippen LogP contribution in [0.1, 0.15) is 43.1 Å². The molecule has 3 rings (SSSR count). The second-order valence-electron chi connectivity index (χ2n) is 6.66. The number of hydrogen-bond acceptors (Lipinski definition) is 5. The van der Waals surface area contributed by atoms with Crippen LogP contribution in [-0.4, -0.2) is 19.7 Å². The fourth-order valence-electron chi connectivity index (χ4n) is 2.42. The van der Waals surface area contributed by atoms with Crippen LogP contribution in [0.25, 0.3) is 0 Å². The first kappa shape index (κ1) is 16.6. The zero-order chi connectivity index (χ0) is 17.2. The summed E-state index contributed by atoms with van der Waals surface area (Å²) in [6.07, 6.45) is 0.681. The van der Waals surface area contributed by atoms with Gasteiger partial charge in [0.15, 0.2) is 5.82 Å². The lowest BCUT2D eigenvalue weighted by Gasteiger charge is -2.20. The van der Waals surface area contributed by atoms with Crippen molar-refractivity contribution >= 4 is 11.3 Å². The van der Waals surface area contributed by atoms with Crippen LogP contribution in [-0.2, 0) is 18.6 Å².